The first kappa shape index (κ1) is 19.3. The van der Waals surface area contributed by atoms with Gasteiger partial charge in [0, 0.05) is 35.8 Å². The maximum atomic E-state index is 12.4. The molecule has 1 aliphatic heterocycles. The number of halogens is 1. The predicted molar refractivity (Wildman–Crippen MR) is 119 cm³/mol. The molecule has 1 atom stereocenters. The third-order valence-corrected chi connectivity index (χ3v) is 6.14. The Morgan fingerprint density at radius 3 is 2.61 bits per heavy atom. The number of benzene rings is 2. The minimum atomic E-state index is -0.464. The van der Waals surface area contributed by atoms with Gasteiger partial charge in [-0.15, -0.1) is 0 Å². The number of imide groups is 1. The molecule has 5 rings (SSSR count). The van der Waals surface area contributed by atoms with E-state index in [0.29, 0.717) is 23.4 Å². The summed E-state index contributed by atoms with van der Waals surface area (Å²) in [6, 6.07) is 16.4. The van der Waals surface area contributed by atoms with Crippen molar-refractivity contribution in [3.8, 4) is 16.8 Å². The second-order valence-corrected chi connectivity index (χ2v) is 7.90. The summed E-state index contributed by atoms with van der Waals surface area (Å²) in [5.74, 6) is -1.04. The Morgan fingerprint density at radius 1 is 0.935 bits per heavy atom. The van der Waals surface area contributed by atoms with E-state index in [2.05, 4.69) is 10.3 Å². The van der Waals surface area contributed by atoms with Gasteiger partial charge in [0.1, 0.15) is 0 Å². The molecule has 3 heterocycles. The number of H-pyrrole nitrogens is 1. The second-order valence-electron chi connectivity index (χ2n) is 7.52. The van der Waals surface area contributed by atoms with Crippen LogP contribution in [0, 0.1) is 0 Å². The van der Waals surface area contributed by atoms with Gasteiger partial charge in [-0.3, -0.25) is 24.3 Å². The molecule has 7 heteroatoms. The Bertz CT molecular complexity index is 1400. The van der Waals surface area contributed by atoms with Crippen LogP contribution in [0.3, 0.4) is 0 Å². The number of pyridine rings is 1. The van der Waals surface area contributed by atoms with Crippen molar-refractivity contribution in [1.82, 2.24) is 14.9 Å². The molecule has 2 aromatic heterocycles. The number of rotatable bonds is 3. The molecule has 1 saturated heterocycles. The lowest BCUT2D eigenvalue weighted by molar-refractivity contribution is -0.134. The minimum Gasteiger partial charge on any atom is -0.359 e. The summed E-state index contributed by atoms with van der Waals surface area (Å²) in [6.45, 7) is 0. The average molecular weight is 432 g/mol. The van der Waals surface area contributed by atoms with E-state index in [1.54, 1.807) is 16.8 Å². The smallest absolute Gasteiger partial charge is 0.255 e. The van der Waals surface area contributed by atoms with E-state index in [1.165, 1.54) is 6.07 Å². The molecule has 4 aromatic rings. The molecule has 0 saturated carbocycles. The number of nitrogens with zero attached hydrogens (tertiary/aromatic N) is 1. The van der Waals surface area contributed by atoms with E-state index in [1.807, 2.05) is 48.7 Å². The highest BCUT2D eigenvalue weighted by molar-refractivity contribution is 6.35. The van der Waals surface area contributed by atoms with Gasteiger partial charge in [0.25, 0.3) is 5.56 Å². The molecule has 0 bridgehead atoms. The fourth-order valence-corrected chi connectivity index (χ4v) is 4.58. The number of nitrogens with one attached hydrogen (secondary N) is 2. The van der Waals surface area contributed by atoms with Gasteiger partial charge >= 0.3 is 0 Å². The van der Waals surface area contributed by atoms with Crippen molar-refractivity contribution < 1.29 is 9.59 Å². The third kappa shape index (κ3) is 3.25. The van der Waals surface area contributed by atoms with Crippen molar-refractivity contribution in [1.29, 1.82) is 0 Å². The Labute approximate surface area is 182 Å². The van der Waals surface area contributed by atoms with E-state index >= 15 is 0 Å². The summed E-state index contributed by atoms with van der Waals surface area (Å²) in [7, 11) is 0. The van der Waals surface area contributed by atoms with Crippen LogP contribution >= 0.6 is 11.6 Å². The summed E-state index contributed by atoms with van der Waals surface area (Å²) in [6.07, 6.45) is 4.28. The zero-order chi connectivity index (χ0) is 21.5. The predicted octanol–water partition coefficient (Wildman–Crippen LogP) is 4.16. The fourth-order valence-electron chi connectivity index (χ4n) is 4.22. The molecule has 1 unspecified atom stereocenters. The van der Waals surface area contributed by atoms with E-state index in [4.69, 9.17) is 11.6 Å². The highest BCUT2D eigenvalue weighted by Gasteiger charge is 2.30. The number of aromatic nitrogens is 2. The highest BCUT2D eigenvalue weighted by Crippen LogP contribution is 2.40. The molecular formula is C24H18ClN3O3. The summed E-state index contributed by atoms with van der Waals surface area (Å²) < 4.78 is 1.59. The van der Waals surface area contributed by atoms with Gasteiger partial charge in [-0.1, -0.05) is 41.9 Å². The van der Waals surface area contributed by atoms with E-state index in [0.717, 1.165) is 27.7 Å². The van der Waals surface area contributed by atoms with Crippen LogP contribution < -0.4 is 10.9 Å². The van der Waals surface area contributed by atoms with Crippen LogP contribution in [-0.2, 0) is 9.59 Å². The van der Waals surface area contributed by atoms with Gasteiger partial charge in [-0.25, -0.2) is 0 Å². The first-order valence-electron chi connectivity index (χ1n) is 9.95. The maximum absolute atomic E-state index is 12.4. The van der Waals surface area contributed by atoms with Gasteiger partial charge in [0.2, 0.25) is 11.8 Å². The molecule has 0 radical (unpaired) electrons. The van der Waals surface area contributed by atoms with Crippen LogP contribution in [0.15, 0.2) is 71.8 Å². The highest BCUT2D eigenvalue weighted by atomic mass is 35.5. The molecular weight excluding hydrogens is 414 g/mol. The van der Waals surface area contributed by atoms with Crippen LogP contribution in [-0.4, -0.2) is 21.4 Å². The van der Waals surface area contributed by atoms with E-state index < -0.39 is 5.92 Å². The lowest BCUT2D eigenvalue weighted by Crippen LogP contribution is -2.39. The monoisotopic (exact) mass is 431 g/mol. The number of carbonyl (C=O) groups is 2. The van der Waals surface area contributed by atoms with Crippen molar-refractivity contribution in [2.75, 3.05) is 0 Å². The average Bonchev–Trinajstić information content (AvgIpc) is 3.25. The molecule has 2 aromatic carbocycles. The number of amides is 2. The Hall–Kier alpha value is -3.64. The van der Waals surface area contributed by atoms with Crippen molar-refractivity contribution in [3.63, 3.8) is 0 Å². The number of piperidine rings is 1. The van der Waals surface area contributed by atoms with Crippen LogP contribution in [0.1, 0.15) is 24.3 Å². The van der Waals surface area contributed by atoms with Gasteiger partial charge in [-0.2, -0.15) is 0 Å². The molecule has 2 amide bonds. The standard InChI is InChI=1S/C24H18ClN3O3/c25-22-15(4-3-5-16(22)18-8-10-20(29)27-24(18)31)14-7-9-19(23-17(14)11-12-26-23)28-13-2-1-6-21(28)30/h1-7,9,11-13,18,26H,8,10H2,(H,27,29,31). The Kier molecular flexibility index (Phi) is 4.71. The molecule has 154 valence electrons. The molecule has 2 N–H and O–H groups in total. The Morgan fingerprint density at radius 2 is 1.81 bits per heavy atom. The zero-order valence-electron chi connectivity index (χ0n) is 16.4. The molecule has 31 heavy (non-hydrogen) atoms. The second kappa shape index (κ2) is 7.56. The number of fused-ring (bicyclic) bond motifs is 1. The summed E-state index contributed by atoms with van der Waals surface area (Å²) in [4.78, 5) is 39.5. The molecule has 1 aliphatic rings. The lowest BCUT2D eigenvalue weighted by atomic mass is 9.88. The number of hydrogen-bond acceptors (Lipinski definition) is 3. The van der Waals surface area contributed by atoms with Crippen LogP contribution in [0.4, 0.5) is 0 Å². The van der Waals surface area contributed by atoms with Crippen LogP contribution in [0.2, 0.25) is 5.02 Å². The van der Waals surface area contributed by atoms with Gasteiger partial charge in [-0.05, 0) is 35.7 Å². The van der Waals surface area contributed by atoms with Gasteiger partial charge in [0.05, 0.1) is 22.1 Å². The van der Waals surface area contributed by atoms with Gasteiger partial charge < -0.3 is 4.98 Å². The van der Waals surface area contributed by atoms with E-state index in [9.17, 15) is 14.4 Å². The topological polar surface area (TPSA) is 84.0 Å². The molecule has 0 spiro atoms. The number of carbonyl (C=O) groups excluding carboxylic acids is 2. The summed E-state index contributed by atoms with van der Waals surface area (Å²) in [5.41, 5.74) is 3.82. The van der Waals surface area contributed by atoms with Crippen LogP contribution in [0.25, 0.3) is 27.7 Å². The summed E-state index contributed by atoms with van der Waals surface area (Å²) >= 11 is 6.80. The van der Waals surface area contributed by atoms with Crippen LogP contribution in [0.5, 0.6) is 0 Å². The first-order valence-corrected chi connectivity index (χ1v) is 10.3. The first-order chi connectivity index (χ1) is 15.0. The van der Waals surface area contributed by atoms with Crippen molar-refractivity contribution in [2.24, 2.45) is 0 Å². The molecule has 0 aliphatic carbocycles. The summed E-state index contributed by atoms with van der Waals surface area (Å²) in [5, 5.41) is 3.80. The normalized spacial score (nSPS) is 16.5. The lowest BCUT2D eigenvalue weighted by Gasteiger charge is -2.23. The maximum Gasteiger partial charge on any atom is 0.255 e. The number of aromatic amines is 1. The van der Waals surface area contributed by atoms with Crippen molar-refractivity contribution in [2.45, 2.75) is 18.8 Å². The van der Waals surface area contributed by atoms with E-state index in [-0.39, 0.29) is 17.4 Å². The Balaban J connectivity index is 1.65. The SMILES string of the molecule is O=C1CCC(c2cccc(-c3ccc(-n4ccccc4=O)c4[nH]ccc34)c2Cl)C(=O)N1. The van der Waals surface area contributed by atoms with Crippen molar-refractivity contribution in [3.05, 3.63) is 87.9 Å². The third-order valence-electron chi connectivity index (χ3n) is 5.72. The quantitative estimate of drug-likeness (QED) is 0.478. The van der Waals surface area contributed by atoms with Crippen molar-refractivity contribution >= 4 is 34.3 Å². The number of hydrogen-bond donors (Lipinski definition) is 2. The fraction of sp³-hybridized carbons (Fsp3) is 0.125. The largest absolute Gasteiger partial charge is 0.359 e. The molecule has 1 fully saturated rings. The molecule has 6 nitrogen and oxygen atoms in total. The minimum absolute atomic E-state index is 0.121. The van der Waals surface area contributed by atoms with Gasteiger partial charge in [0.15, 0.2) is 0 Å². The zero-order valence-corrected chi connectivity index (χ0v) is 17.1.